The van der Waals surface area contributed by atoms with Crippen molar-refractivity contribution in [2.75, 3.05) is 4.90 Å². The summed E-state index contributed by atoms with van der Waals surface area (Å²) in [6, 6.07) is 17.8. The quantitative estimate of drug-likeness (QED) is 0.180. The molecular formula is C28H21BrN2O4S. The Kier molecular flexibility index (Phi) is 5.46. The molecule has 4 aromatic rings. The third-order valence-corrected chi connectivity index (χ3v) is 8.03. The monoisotopic (exact) mass is 560 g/mol. The molecular weight excluding hydrogens is 540 g/mol. The van der Waals surface area contributed by atoms with Gasteiger partial charge in [0.2, 0.25) is 0 Å². The lowest BCUT2D eigenvalue weighted by molar-refractivity contribution is -0.132. The number of nitrogens with zero attached hydrogens (tertiary/aromatic N) is 2. The molecule has 6 rings (SSSR count). The third kappa shape index (κ3) is 3.72. The molecule has 1 saturated heterocycles. The standard InChI is InChI=1S/C28H21BrN2O4S/c1-14-6-8-20-22(10-14)36-28(30-20)31-24(16-4-3-5-19(29)13-16)23(26(33)27(31)34)25(32)17-7-9-21-18(12-17)11-15(2)35-21/h3-10,12-13,15,24,32H,11H2,1-2H3/t15-,24-/m0/s1. The maximum Gasteiger partial charge on any atom is 0.301 e. The highest BCUT2D eigenvalue weighted by atomic mass is 79.9. The van der Waals surface area contributed by atoms with Crippen LogP contribution >= 0.6 is 27.3 Å². The van der Waals surface area contributed by atoms with E-state index < -0.39 is 17.7 Å². The first kappa shape index (κ1) is 22.9. The van der Waals surface area contributed by atoms with Crippen molar-refractivity contribution in [3.8, 4) is 5.75 Å². The Balaban J connectivity index is 1.54. The maximum absolute atomic E-state index is 13.5. The van der Waals surface area contributed by atoms with Crippen LogP contribution in [0.4, 0.5) is 5.13 Å². The summed E-state index contributed by atoms with van der Waals surface area (Å²) < 4.78 is 7.51. The molecule has 2 atom stereocenters. The van der Waals surface area contributed by atoms with Crippen molar-refractivity contribution in [1.82, 2.24) is 4.98 Å². The Morgan fingerprint density at radius 2 is 1.97 bits per heavy atom. The van der Waals surface area contributed by atoms with E-state index in [0.717, 1.165) is 31.6 Å². The molecule has 0 saturated carbocycles. The van der Waals surface area contributed by atoms with Crippen molar-refractivity contribution < 1.29 is 19.4 Å². The summed E-state index contributed by atoms with van der Waals surface area (Å²) >= 11 is 4.85. The van der Waals surface area contributed by atoms with E-state index in [1.807, 2.05) is 62.4 Å². The number of fused-ring (bicyclic) bond motifs is 2. The van der Waals surface area contributed by atoms with Gasteiger partial charge in [-0.15, -0.1) is 0 Å². The van der Waals surface area contributed by atoms with Crippen molar-refractivity contribution in [2.24, 2.45) is 0 Å². The minimum absolute atomic E-state index is 0.0421. The van der Waals surface area contributed by atoms with Crippen molar-refractivity contribution in [1.29, 1.82) is 0 Å². The summed E-state index contributed by atoms with van der Waals surface area (Å²) in [6.45, 7) is 3.98. The van der Waals surface area contributed by atoms with Crippen LogP contribution in [-0.4, -0.2) is 27.9 Å². The summed E-state index contributed by atoms with van der Waals surface area (Å²) in [6.07, 6.45) is 0.762. The number of aromatic nitrogens is 1. The number of halogens is 1. The summed E-state index contributed by atoms with van der Waals surface area (Å²) in [4.78, 5) is 33.0. The molecule has 0 aliphatic carbocycles. The molecule has 8 heteroatoms. The van der Waals surface area contributed by atoms with Crippen molar-refractivity contribution >= 4 is 60.1 Å². The highest BCUT2D eigenvalue weighted by molar-refractivity contribution is 9.10. The van der Waals surface area contributed by atoms with Gasteiger partial charge in [0.15, 0.2) is 5.13 Å². The molecule has 2 aliphatic heterocycles. The van der Waals surface area contributed by atoms with Gasteiger partial charge in [0.25, 0.3) is 5.78 Å². The molecule has 0 unspecified atom stereocenters. The van der Waals surface area contributed by atoms with Crippen LogP contribution in [0.5, 0.6) is 5.75 Å². The molecule has 180 valence electrons. The minimum atomic E-state index is -0.826. The number of amides is 1. The SMILES string of the molecule is Cc1ccc2nc(N3C(=O)C(=O)C(=C(O)c4ccc5c(c4)C[C@H](C)O5)[C@@H]3c3cccc(Br)c3)sc2c1. The predicted molar refractivity (Wildman–Crippen MR) is 144 cm³/mol. The molecule has 3 heterocycles. The number of aryl methyl sites for hydroxylation is 1. The highest BCUT2D eigenvalue weighted by Gasteiger charge is 2.48. The molecule has 0 spiro atoms. The number of carbonyl (C=O) groups excluding carboxylic acids is 2. The van der Waals surface area contributed by atoms with Crippen molar-refractivity contribution in [2.45, 2.75) is 32.4 Å². The first-order valence-corrected chi connectivity index (χ1v) is 13.1. The number of aliphatic hydroxyl groups is 1. The first-order valence-electron chi connectivity index (χ1n) is 11.5. The molecule has 1 amide bonds. The average Bonchev–Trinajstić information content (AvgIpc) is 3.50. The first-order chi connectivity index (χ1) is 17.3. The topological polar surface area (TPSA) is 79.7 Å². The Labute approximate surface area is 220 Å². The largest absolute Gasteiger partial charge is 0.507 e. The van der Waals surface area contributed by atoms with Crippen LogP contribution in [0.1, 0.15) is 35.2 Å². The van der Waals surface area contributed by atoms with Gasteiger partial charge >= 0.3 is 5.91 Å². The van der Waals surface area contributed by atoms with Gasteiger partial charge in [-0.3, -0.25) is 14.5 Å². The van der Waals surface area contributed by atoms with Crippen LogP contribution in [0, 0.1) is 6.92 Å². The normalized spacial score (nSPS) is 20.7. The van der Waals surface area contributed by atoms with Gasteiger partial charge in [-0.25, -0.2) is 4.98 Å². The zero-order chi connectivity index (χ0) is 25.1. The van der Waals surface area contributed by atoms with E-state index >= 15 is 0 Å². The van der Waals surface area contributed by atoms with Crippen LogP contribution in [0.3, 0.4) is 0 Å². The van der Waals surface area contributed by atoms with E-state index in [9.17, 15) is 14.7 Å². The van der Waals surface area contributed by atoms with Crippen LogP contribution in [0.15, 0.2) is 70.7 Å². The molecule has 36 heavy (non-hydrogen) atoms. The number of aliphatic hydroxyl groups excluding tert-OH is 1. The van der Waals surface area contributed by atoms with Gasteiger partial charge in [0.05, 0.1) is 21.8 Å². The maximum atomic E-state index is 13.5. The van der Waals surface area contributed by atoms with Crippen LogP contribution in [-0.2, 0) is 16.0 Å². The van der Waals surface area contributed by atoms with Crippen LogP contribution in [0.2, 0.25) is 0 Å². The summed E-state index contributed by atoms with van der Waals surface area (Å²) in [5, 5.41) is 11.9. The van der Waals surface area contributed by atoms with Gasteiger partial charge in [0, 0.05) is 16.5 Å². The molecule has 0 radical (unpaired) electrons. The number of ketones is 1. The second-order valence-electron chi connectivity index (χ2n) is 9.15. The molecule has 0 bridgehead atoms. The highest BCUT2D eigenvalue weighted by Crippen LogP contribution is 2.45. The molecule has 1 N–H and O–H groups in total. The van der Waals surface area contributed by atoms with Gasteiger partial charge < -0.3 is 9.84 Å². The van der Waals surface area contributed by atoms with E-state index in [0.29, 0.717) is 22.7 Å². The lowest BCUT2D eigenvalue weighted by Crippen LogP contribution is -2.29. The van der Waals surface area contributed by atoms with E-state index in [4.69, 9.17) is 4.74 Å². The van der Waals surface area contributed by atoms with Gasteiger partial charge in [0.1, 0.15) is 17.6 Å². The molecule has 6 nitrogen and oxygen atoms in total. The number of Topliss-reactive ketones (excluding diaryl/α,β-unsaturated/α-hetero) is 1. The number of anilines is 1. The minimum Gasteiger partial charge on any atom is -0.507 e. The van der Waals surface area contributed by atoms with Crippen LogP contribution in [0.25, 0.3) is 16.0 Å². The molecule has 2 aliphatic rings. The molecule has 1 fully saturated rings. The fourth-order valence-electron chi connectivity index (χ4n) is 4.87. The molecule has 1 aromatic heterocycles. The number of hydrogen-bond donors (Lipinski definition) is 1. The Bertz CT molecular complexity index is 1610. The zero-order valence-corrected chi connectivity index (χ0v) is 21.9. The number of thiazole rings is 1. The number of carbonyl (C=O) groups is 2. The Hall–Kier alpha value is -3.49. The van der Waals surface area contributed by atoms with E-state index in [1.165, 1.54) is 16.2 Å². The van der Waals surface area contributed by atoms with Crippen molar-refractivity contribution in [3.63, 3.8) is 0 Å². The number of rotatable bonds is 3. The Morgan fingerprint density at radius 1 is 1.14 bits per heavy atom. The number of benzene rings is 3. The van der Waals surface area contributed by atoms with E-state index in [1.54, 1.807) is 12.1 Å². The van der Waals surface area contributed by atoms with E-state index in [-0.39, 0.29) is 17.4 Å². The van der Waals surface area contributed by atoms with Gasteiger partial charge in [-0.1, -0.05) is 45.5 Å². The smallest absolute Gasteiger partial charge is 0.301 e. The number of hydrogen-bond acceptors (Lipinski definition) is 6. The summed E-state index contributed by atoms with van der Waals surface area (Å²) in [5.74, 6) is -0.888. The second kappa shape index (κ2) is 8.57. The Morgan fingerprint density at radius 3 is 2.78 bits per heavy atom. The van der Waals surface area contributed by atoms with Gasteiger partial charge in [-0.05, 0) is 73.0 Å². The fourth-order valence-corrected chi connectivity index (χ4v) is 6.38. The average molecular weight is 561 g/mol. The predicted octanol–water partition coefficient (Wildman–Crippen LogP) is 6.32. The zero-order valence-electron chi connectivity index (χ0n) is 19.5. The third-order valence-electron chi connectivity index (χ3n) is 6.52. The molecule has 3 aromatic carbocycles. The van der Waals surface area contributed by atoms with Crippen LogP contribution < -0.4 is 9.64 Å². The lowest BCUT2D eigenvalue weighted by atomic mass is 9.94. The second-order valence-corrected chi connectivity index (χ2v) is 11.1. The fraction of sp³-hybridized carbons (Fsp3) is 0.179. The van der Waals surface area contributed by atoms with Gasteiger partial charge in [-0.2, -0.15) is 0 Å². The van der Waals surface area contributed by atoms with E-state index in [2.05, 4.69) is 20.9 Å². The number of ether oxygens (including phenoxy) is 1. The lowest BCUT2D eigenvalue weighted by Gasteiger charge is -2.23. The van der Waals surface area contributed by atoms with Crippen molar-refractivity contribution in [3.05, 3.63) is 93.0 Å². The summed E-state index contributed by atoms with van der Waals surface area (Å²) in [5.41, 5.74) is 4.01. The summed E-state index contributed by atoms with van der Waals surface area (Å²) in [7, 11) is 0.